The third-order valence-electron chi connectivity index (χ3n) is 4.14. The second-order valence-corrected chi connectivity index (χ2v) is 7.13. The van der Waals surface area contributed by atoms with Gasteiger partial charge in [-0.15, -0.1) is 0 Å². The van der Waals surface area contributed by atoms with Crippen LogP contribution in [-0.2, 0) is 19.1 Å². The van der Waals surface area contributed by atoms with Gasteiger partial charge in [0.2, 0.25) is 0 Å². The highest BCUT2D eigenvalue weighted by Crippen LogP contribution is 2.24. The Bertz CT molecular complexity index is 961. The van der Waals surface area contributed by atoms with E-state index in [2.05, 4.69) is 5.32 Å². The summed E-state index contributed by atoms with van der Waals surface area (Å²) in [5, 5.41) is 2.87. The lowest BCUT2D eigenvalue weighted by Crippen LogP contribution is -2.42. The van der Waals surface area contributed by atoms with Gasteiger partial charge in [0.15, 0.2) is 11.4 Å². The lowest BCUT2D eigenvalue weighted by atomic mass is 9.98. The van der Waals surface area contributed by atoms with Gasteiger partial charge in [-0.1, -0.05) is 29.3 Å². The number of esters is 2. The molecule has 0 amide bonds. The Hall–Kier alpha value is -3.41. The molecule has 0 atom stereocenters. The van der Waals surface area contributed by atoms with Crippen LogP contribution in [-0.4, -0.2) is 23.5 Å². The standard InChI is InChI=1S/C22H21NO5/c1-13-9-14(2)11-15(10-13)19(24)16-7-5-6-8-18(16)23-12-17-20(25)27-22(3,4)28-21(17)26/h5-12,23H,1-4H3. The van der Waals surface area contributed by atoms with Crippen molar-refractivity contribution in [2.45, 2.75) is 33.5 Å². The van der Waals surface area contributed by atoms with Gasteiger partial charge < -0.3 is 14.8 Å². The molecular formula is C22H21NO5. The first kappa shape index (κ1) is 19.4. The van der Waals surface area contributed by atoms with Crippen LogP contribution >= 0.6 is 0 Å². The lowest BCUT2D eigenvalue weighted by molar-refractivity contribution is -0.222. The largest absolute Gasteiger partial charge is 0.419 e. The Balaban J connectivity index is 1.90. The quantitative estimate of drug-likeness (QED) is 0.378. The molecule has 1 aliphatic rings. The number of para-hydroxylation sites is 1. The second-order valence-electron chi connectivity index (χ2n) is 7.13. The van der Waals surface area contributed by atoms with Crippen molar-refractivity contribution in [1.82, 2.24) is 0 Å². The molecule has 1 heterocycles. The number of hydrogen-bond acceptors (Lipinski definition) is 6. The second kappa shape index (κ2) is 7.31. The SMILES string of the molecule is Cc1cc(C)cc(C(=O)c2ccccc2NC=C2C(=O)OC(C)(C)OC2=O)c1. The average molecular weight is 379 g/mol. The molecule has 1 N–H and O–H groups in total. The molecule has 2 aromatic carbocycles. The van der Waals surface area contributed by atoms with Crippen LogP contribution in [0.1, 0.15) is 40.9 Å². The molecule has 6 nitrogen and oxygen atoms in total. The maximum atomic E-state index is 13.0. The number of anilines is 1. The molecule has 2 aromatic rings. The van der Waals surface area contributed by atoms with E-state index in [0.717, 1.165) is 11.1 Å². The first-order chi connectivity index (χ1) is 13.2. The third kappa shape index (κ3) is 4.11. The topological polar surface area (TPSA) is 81.7 Å². The zero-order valence-electron chi connectivity index (χ0n) is 16.2. The number of cyclic esters (lactones) is 2. The van der Waals surface area contributed by atoms with Crippen LogP contribution < -0.4 is 5.32 Å². The van der Waals surface area contributed by atoms with Gasteiger partial charge in [0.25, 0.3) is 5.79 Å². The minimum Gasteiger partial charge on any atom is -0.419 e. The van der Waals surface area contributed by atoms with E-state index in [1.807, 2.05) is 32.0 Å². The normalized spacial score (nSPS) is 15.5. The molecule has 0 spiro atoms. The number of ether oxygens (including phenoxy) is 2. The van der Waals surface area contributed by atoms with Crippen LogP contribution in [0.3, 0.4) is 0 Å². The summed E-state index contributed by atoms with van der Waals surface area (Å²) < 4.78 is 10.1. The van der Waals surface area contributed by atoms with Gasteiger partial charge in [-0.25, -0.2) is 9.59 Å². The molecule has 0 bridgehead atoms. The van der Waals surface area contributed by atoms with Crippen LogP contribution in [0.5, 0.6) is 0 Å². The summed E-state index contributed by atoms with van der Waals surface area (Å²) in [7, 11) is 0. The number of carbonyl (C=O) groups excluding carboxylic acids is 3. The first-order valence-electron chi connectivity index (χ1n) is 8.82. The number of hydrogen-bond donors (Lipinski definition) is 1. The number of rotatable bonds is 4. The van der Waals surface area contributed by atoms with Crippen LogP contribution in [0, 0.1) is 13.8 Å². The van der Waals surface area contributed by atoms with E-state index in [9.17, 15) is 14.4 Å². The Labute approximate surface area is 163 Å². The first-order valence-corrected chi connectivity index (χ1v) is 8.82. The summed E-state index contributed by atoms with van der Waals surface area (Å²) in [4.78, 5) is 37.1. The van der Waals surface area contributed by atoms with E-state index >= 15 is 0 Å². The minimum absolute atomic E-state index is 0.164. The van der Waals surface area contributed by atoms with E-state index in [4.69, 9.17) is 9.47 Å². The predicted molar refractivity (Wildman–Crippen MR) is 104 cm³/mol. The Morgan fingerprint density at radius 2 is 1.54 bits per heavy atom. The summed E-state index contributed by atoms with van der Waals surface area (Å²) in [5.41, 5.74) is 3.16. The van der Waals surface area contributed by atoms with Crippen molar-refractivity contribution in [3.8, 4) is 0 Å². The van der Waals surface area contributed by atoms with Crippen molar-refractivity contribution in [2.75, 3.05) is 5.32 Å². The highest BCUT2D eigenvalue weighted by atomic mass is 16.7. The molecule has 6 heteroatoms. The highest BCUT2D eigenvalue weighted by Gasteiger charge is 2.39. The van der Waals surface area contributed by atoms with Crippen LogP contribution in [0.15, 0.2) is 54.2 Å². The summed E-state index contributed by atoms with van der Waals surface area (Å²) in [6.07, 6.45) is 1.20. The molecule has 0 aliphatic carbocycles. The van der Waals surface area contributed by atoms with E-state index in [1.165, 1.54) is 20.0 Å². The molecule has 0 saturated carbocycles. The molecule has 144 valence electrons. The summed E-state index contributed by atoms with van der Waals surface area (Å²) >= 11 is 0. The molecule has 28 heavy (non-hydrogen) atoms. The smallest absolute Gasteiger partial charge is 0.350 e. The van der Waals surface area contributed by atoms with Crippen molar-refractivity contribution < 1.29 is 23.9 Å². The highest BCUT2D eigenvalue weighted by molar-refractivity contribution is 6.16. The molecule has 0 aromatic heterocycles. The van der Waals surface area contributed by atoms with Crippen molar-refractivity contribution in [3.05, 3.63) is 76.5 Å². The fourth-order valence-corrected chi connectivity index (χ4v) is 3.00. The molecule has 3 rings (SSSR count). The van der Waals surface area contributed by atoms with Crippen LogP contribution in [0.4, 0.5) is 5.69 Å². The van der Waals surface area contributed by atoms with Gasteiger partial charge in [0.05, 0.1) is 0 Å². The number of aryl methyl sites for hydroxylation is 2. The van der Waals surface area contributed by atoms with E-state index in [-0.39, 0.29) is 11.4 Å². The fourth-order valence-electron chi connectivity index (χ4n) is 3.00. The molecule has 0 unspecified atom stereocenters. The summed E-state index contributed by atoms with van der Waals surface area (Å²) in [6, 6.07) is 12.5. The maximum absolute atomic E-state index is 13.0. The van der Waals surface area contributed by atoms with Crippen LogP contribution in [0.2, 0.25) is 0 Å². The van der Waals surface area contributed by atoms with E-state index in [1.54, 1.807) is 24.3 Å². The fraction of sp³-hybridized carbons (Fsp3) is 0.227. The predicted octanol–water partition coefficient (Wildman–Crippen LogP) is 3.67. The minimum atomic E-state index is -1.30. The van der Waals surface area contributed by atoms with Crippen molar-refractivity contribution >= 4 is 23.4 Å². The Morgan fingerprint density at radius 1 is 0.964 bits per heavy atom. The Morgan fingerprint density at radius 3 is 2.14 bits per heavy atom. The molecule has 0 radical (unpaired) electrons. The zero-order valence-corrected chi connectivity index (χ0v) is 16.2. The van der Waals surface area contributed by atoms with Crippen molar-refractivity contribution in [1.29, 1.82) is 0 Å². The number of benzene rings is 2. The molecule has 1 fully saturated rings. The number of nitrogens with one attached hydrogen (secondary N) is 1. The van der Waals surface area contributed by atoms with Gasteiger partial charge in [-0.2, -0.15) is 0 Å². The molecule has 1 aliphatic heterocycles. The summed E-state index contributed by atoms with van der Waals surface area (Å²) in [5.74, 6) is -3.04. The van der Waals surface area contributed by atoms with Gasteiger partial charge in [-0.05, 0) is 38.1 Å². The van der Waals surface area contributed by atoms with Crippen LogP contribution in [0.25, 0.3) is 0 Å². The zero-order chi connectivity index (χ0) is 20.5. The monoisotopic (exact) mass is 379 g/mol. The number of carbonyl (C=O) groups is 3. The van der Waals surface area contributed by atoms with E-state index < -0.39 is 17.7 Å². The Kier molecular flexibility index (Phi) is 5.05. The maximum Gasteiger partial charge on any atom is 0.350 e. The average Bonchev–Trinajstić information content (AvgIpc) is 2.59. The third-order valence-corrected chi connectivity index (χ3v) is 4.14. The van der Waals surface area contributed by atoms with Gasteiger partial charge in [0, 0.05) is 36.9 Å². The number of ketones is 1. The summed E-state index contributed by atoms with van der Waals surface area (Å²) in [6.45, 7) is 6.82. The van der Waals surface area contributed by atoms with Gasteiger partial charge in [-0.3, -0.25) is 4.79 Å². The van der Waals surface area contributed by atoms with Gasteiger partial charge in [0.1, 0.15) is 0 Å². The van der Waals surface area contributed by atoms with E-state index in [0.29, 0.717) is 16.8 Å². The molecule has 1 saturated heterocycles. The van der Waals surface area contributed by atoms with Crippen molar-refractivity contribution in [2.24, 2.45) is 0 Å². The lowest BCUT2D eigenvalue weighted by Gasteiger charge is -2.29. The van der Waals surface area contributed by atoms with Crippen molar-refractivity contribution in [3.63, 3.8) is 0 Å². The molecular weight excluding hydrogens is 358 g/mol. The van der Waals surface area contributed by atoms with Gasteiger partial charge >= 0.3 is 11.9 Å².